The summed E-state index contributed by atoms with van der Waals surface area (Å²) in [6.45, 7) is 5.97. The van der Waals surface area contributed by atoms with Gasteiger partial charge in [0.05, 0.1) is 16.8 Å². The lowest BCUT2D eigenvalue weighted by molar-refractivity contribution is -0.136. The average Bonchev–Trinajstić information content (AvgIpc) is 3.93. The predicted molar refractivity (Wildman–Crippen MR) is 242 cm³/mol. The van der Waals surface area contributed by atoms with Crippen LogP contribution >= 0.6 is 0 Å². The van der Waals surface area contributed by atoms with E-state index < -0.39 is 75.0 Å². The summed E-state index contributed by atoms with van der Waals surface area (Å²) < 4.78 is 88.2. The topological polar surface area (TPSA) is 168 Å². The van der Waals surface area contributed by atoms with E-state index in [-0.39, 0.29) is 54.7 Å². The fourth-order valence-electron chi connectivity index (χ4n) is 10.4. The molecule has 10 rings (SSSR count). The van der Waals surface area contributed by atoms with Crippen LogP contribution in [0.1, 0.15) is 64.8 Å². The SMILES string of the molecule is O=C1CCC(CC(=O)c2ccc(N3CC4(CN(CC5CCN(c6ccc(-c7cnc8[nH]cc(C(=O)c9c(F)ccc(NS(=O)(=O)N%10CC[C@@H](F)C%10)c9F)c8c7)cc6)CC5)C4)C3)cc2F)C(=O)N1. The Morgan fingerprint density at radius 2 is 1.57 bits per heavy atom. The standard InChI is InChI=1S/C48H48F4N8O6S/c49-32-13-16-60(23-32)67(65,66)56-40-9-8-38(50)43(44(40)52)45(63)37-21-54-46-36(37)17-31(20-53-46)29-1-4-33(5-2-29)58-14-11-28(12-15-58)22-57-24-48(25-57)26-59(27-48)34-6-7-35(39(51)19-34)41(61)18-30-3-10-42(62)55-47(30)64/h1-2,4-9,17,19-21,28,30,32,56H,3,10-16,18,22-27H2,(H,53,54)(H,55,62,64)/t30?,32-/m1/s1. The molecule has 5 aliphatic heterocycles. The summed E-state index contributed by atoms with van der Waals surface area (Å²) in [5, 5.41) is 2.57. The molecule has 2 amide bonds. The Morgan fingerprint density at radius 3 is 2.27 bits per heavy atom. The second-order valence-corrected chi connectivity index (χ2v) is 20.4. The molecule has 3 N–H and O–H groups in total. The average molecular weight is 941 g/mol. The maximum Gasteiger partial charge on any atom is 0.301 e. The number of hydrogen-bond acceptors (Lipinski definition) is 10. The minimum Gasteiger partial charge on any atom is -0.372 e. The number of likely N-dealkylation sites (tertiary alicyclic amines) is 1. The second-order valence-electron chi connectivity index (χ2n) is 18.7. The van der Waals surface area contributed by atoms with E-state index in [1.54, 1.807) is 18.3 Å². The molecule has 0 radical (unpaired) electrons. The molecule has 350 valence electrons. The van der Waals surface area contributed by atoms with E-state index in [0.29, 0.717) is 22.5 Å². The molecule has 2 atom stereocenters. The Labute approximate surface area is 383 Å². The van der Waals surface area contributed by atoms with Gasteiger partial charge in [-0.15, -0.1) is 0 Å². The zero-order valence-electron chi connectivity index (χ0n) is 36.4. The number of carbonyl (C=O) groups excluding carboxylic acids is 4. The molecule has 5 saturated heterocycles. The van der Waals surface area contributed by atoms with Crippen LogP contribution in [0.5, 0.6) is 0 Å². The number of rotatable bonds is 13. The smallest absolute Gasteiger partial charge is 0.301 e. The van der Waals surface area contributed by atoms with Crippen molar-refractivity contribution in [2.45, 2.75) is 44.7 Å². The number of aromatic amines is 1. The third-order valence-corrected chi connectivity index (χ3v) is 15.5. The van der Waals surface area contributed by atoms with Gasteiger partial charge in [-0.05, 0) is 85.7 Å². The number of nitrogens with zero attached hydrogens (tertiary/aromatic N) is 5. The first-order valence-corrected chi connectivity index (χ1v) is 24.0. The molecule has 0 saturated carbocycles. The summed E-state index contributed by atoms with van der Waals surface area (Å²) in [5.41, 5.74) is 2.14. The van der Waals surface area contributed by atoms with Crippen molar-refractivity contribution in [2.24, 2.45) is 17.3 Å². The summed E-state index contributed by atoms with van der Waals surface area (Å²) in [7, 11) is -4.36. The number of alkyl halides is 1. The molecule has 67 heavy (non-hydrogen) atoms. The molecular weight excluding hydrogens is 893 g/mol. The zero-order valence-corrected chi connectivity index (χ0v) is 37.2. The molecular formula is C48H48F4N8O6S. The van der Waals surface area contributed by atoms with E-state index in [4.69, 9.17) is 0 Å². The van der Waals surface area contributed by atoms with Crippen LogP contribution in [0.15, 0.2) is 73.1 Å². The number of Topliss-reactive ketones (excluding diaryl/α,β-unsaturated/α-hetero) is 1. The molecule has 0 aliphatic carbocycles. The third-order valence-electron chi connectivity index (χ3n) is 14.0. The number of benzene rings is 3. The number of fused-ring (bicyclic) bond motifs is 1. The zero-order chi connectivity index (χ0) is 46.8. The highest BCUT2D eigenvalue weighted by Gasteiger charge is 2.52. The van der Waals surface area contributed by atoms with Gasteiger partial charge in [0.15, 0.2) is 11.6 Å². The number of H-pyrrole nitrogens is 1. The molecule has 19 heteroatoms. The molecule has 0 bridgehead atoms. The first-order valence-electron chi connectivity index (χ1n) is 22.5. The molecule has 7 heterocycles. The number of nitrogens with one attached hydrogen (secondary N) is 3. The third kappa shape index (κ3) is 8.79. The van der Waals surface area contributed by atoms with Crippen molar-refractivity contribution in [3.8, 4) is 11.1 Å². The van der Waals surface area contributed by atoms with Gasteiger partial charge in [0.2, 0.25) is 17.6 Å². The van der Waals surface area contributed by atoms with Crippen LogP contribution in [-0.4, -0.2) is 116 Å². The van der Waals surface area contributed by atoms with Gasteiger partial charge in [-0.25, -0.2) is 22.5 Å². The molecule has 1 unspecified atom stereocenters. The van der Waals surface area contributed by atoms with Crippen LogP contribution in [0.4, 0.5) is 34.6 Å². The number of imide groups is 1. The van der Waals surface area contributed by atoms with Crippen LogP contribution in [0, 0.1) is 34.7 Å². The Balaban J connectivity index is 0.707. The van der Waals surface area contributed by atoms with Crippen molar-refractivity contribution in [2.75, 3.05) is 73.4 Å². The molecule has 2 aromatic heterocycles. The summed E-state index contributed by atoms with van der Waals surface area (Å²) in [6, 6.07) is 16.1. The molecule has 1 spiro atoms. The summed E-state index contributed by atoms with van der Waals surface area (Å²) in [5.74, 6) is -5.52. The van der Waals surface area contributed by atoms with E-state index >= 15 is 13.2 Å². The monoisotopic (exact) mass is 940 g/mol. The first kappa shape index (κ1) is 44.6. The molecule has 5 fully saturated rings. The number of halogens is 4. The van der Waals surface area contributed by atoms with Crippen LogP contribution in [0.25, 0.3) is 22.2 Å². The van der Waals surface area contributed by atoms with Crippen LogP contribution in [0.3, 0.4) is 0 Å². The van der Waals surface area contributed by atoms with E-state index in [1.807, 2.05) is 29.0 Å². The maximum atomic E-state index is 15.8. The highest BCUT2D eigenvalue weighted by Crippen LogP contribution is 2.43. The number of aromatic nitrogens is 2. The number of carbonyl (C=O) groups is 4. The van der Waals surface area contributed by atoms with Gasteiger partial charge in [0.1, 0.15) is 23.5 Å². The number of pyridine rings is 1. The van der Waals surface area contributed by atoms with Crippen LogP contribution in [0.2, 0.25) is 0 Å². The van der Waals surface area contributed by atoms with Crippen molar-refractivity contribution >= 4 is 61.7 Å². The van der Waals surface area contributed by atoms with E-state index in [9.17, 15) is 32.0 Å². The van der Waals surface area contributed by atoms with Crippen molar-refractivity contribution in [3.63, 3.8) is 0 Å². The highest BCUT2D eigenvalue weighted by molar-refractivity contribution is 7.90. The van der Waals surface area contributed by atoms with Gasteiger partial charge < -0.3 is 19.7 Å². The fraction of sp³-hybridized carbons (Fsp3) is 0.396. The normalized spacial score (nSPS) is 21.4. The minimum atomic E-state index is -4.36. The maximum absolute atomic E-state index is 15.8. The molecule has 14 nitrogen and oxygen atoms in total. The first-order chi connectivity index (χ1) is 32.1. The predicted octanol–water partition coefficient (Wildman–Crippen LogP) is 6.24. The number of anilines is 3. The number of piperidine rings is 2. The van der Waals surface area contributed by atoms with E-state index in [1.165, 1.54) is 18.3 Å². The van der Waals surface area contributed by atoms with Crippen LogP contribution < -0.4 is 19.8 Å². The van der Waals surface area contributed by atoms with Gasteiger partial charge >= 0.3 is 10.2 Å². The molecule has 5 aliphatic rings. The van der Waals surface area contributed by atoms with E-state index in [0.717, 1.165) is 92.0 Å². The Morgan fingerprint density at radius 1 is 0.821 bits per heavy atom. The lowest BCUT2D eigenvalue weighted by Crippen LogP contribution is -2.72. The Bertz CT molecular complexity index is 2910. The molecule has 3 aromatic carbocycles. The fourth-order valence-corrected chi connectivity index (χ4v) is 11.7. The lowest BCUT2D eigenvalue weighted by Gasteiger charge is -2.61. The Kier molecular flexibility index (Phi) is 11.6. The lowest BCUT2D eigenvalue weighted by atomic mass is 9.72. The van der Waals surface area contributed by atoms with Crippen molar-refractivity contribution in [1.82, 2.24) is 24.5 Å². The van der Waals surface area contributed by atoms with Gasteiger partial charge in [0.25, 0.3) is 0 Å². The minimum absolute atomic E-state index is 0.000550. The highest BCUT2D eigenvalue weighted by atomic mass is 32.2. The van der Waals surface area contributed by atoms with Gasteiger partial charge in [-0.2, -0.15) is 12.7 Å². The summed E-state index contributed by atoms with van der Waals surface area (Å²) in [4.78, 5) is 64.4. The summed E-state index contributed by atoms with van der Waals surface area (Å²) in [6.07, 6.45) is 4.01. The quantitative estimate of drug-likeness (QED) is 0.0699. The molecule has 5 aromatic rings. The number of ketones is 2. The van der Waals surface area contributed by atoms with Crippen molar-refractivity contribution in [1.29, 1.82) is 0 Å². The van der Waals surface area contributed by atoms with Gasteiger partial charge in [0, 0.05) is 123 Å². The van der Waals surface area contributed by atoms with Gasteiger partial charge in [-0.3, -0.25) is 29.2 Å². The summed E-state index contributed by atoms with van der Waals surface area (Å²) >= 11 is 0. The largest absolute Gasteiger partial charge is 0.372 e. The van der Waals surface area contributed by atoms with Gasteiger partial charge in [-0.1, -0.05) is 12.1 Å². The number of amides is 2. The van der Waals surface area contributed by atoms with Crippen molar-refractivity contribution < 1.29 is 45.2 Å². The van der Waals surface area contributed by atoms with Crippen molar-refractivity contribution in [3.05, 3.63) is 107 Å². The van der Waals surface area contributed by atoms with Crippen LogP contribution in [-0.2, 0) is 19.8 Å². The van der Waals surface area contributed by atoms with E-state index in [2.05, 4.69) is 30.0 Å². The second kappa shape index (κ2) is 17.5. The Hall–Kier alpha value is -6.18. The number of hydrogen-bond donors (Lipinski definition) is 3.